The van der Waals surface area contributed by atoms with Crippen LogP contribution in [0.25, 0.3) is 0 Å². The fraction of sp³-hybridized carbons (Fsp3) is 0.524. The van der Waals surface area contributed by atoms with Gasteiger partial charge in [-0.25, -0.2) is 0 Å². The highest BCUT2D eigenvalue weighted by Gasteiger charge is 2.06. The predicted octanol–water partition coefficient (Wildman–Crippen LogP) is 5.14. The molecule has 0 aromatic heterocycles. The maximum atomic E-state index is 4.11. The van der Waals surface area contributed by atoms with Gasteiger partial charge in [-0.2, -0.15) is 0 Å². The van der Waals surface area contributed by atoms with Crippen LogP contribution in [0.3, 0.4) is 0 Å². The molecule has 0 aliphatic heterocycles. The van der Waals surface area contributed by atoms with Crippen molar-refractivity contribution in [2.24, 2.45) is 0 Å². The van der Waals surface area contributed by atoms with E-state index in [4.69, 9.17) is 0 Å². The number of allylic oxidation sites excluding steroid dienone is 6. The summed E-state index contributed by atoms with van der Waals surface area (Å²) in [6.07, 6.45) is 10.8. The summed E-state index contributed by atoms with van der Waals surface area (Å²) in [7, 11) is 4.12. The summed E-state index contributed by atoms with van der Waals surface area (Å²) in [5.41, 5.74) is 4.89. The smallest absolute Gasteiger partial charge is 0.0233 e. The van der Waals surface area contributed by atoms with E-state index in [9.17, 15) is 0 Å². The summed E-state index contributed by atoms with van der Waals surface area (Å²) >= 11 is 0. The van der Waals surface area contributed by atoms with E-state index in [0.717, 1.165) is 25.2 Å². The number of rotatable bonds is 9. The molecule has 0 aromatic carbocycles. The molecule has 0 atom stereocenters. The summed E-state index contributed by atoms with van der Waals surface area (Å²) in [6.45, 7) is 19.4. The molecule has 2 nitrogen and oxygen atoms in total. The fourth-order valence-corrected chi connectivity index (χ4v) is 1.91. The van der Waals surface area contributed by atoms with Crippen LogP contribution in [-0.4, -0.2) is 38.6 Å². The molecule has 0 bridgehead atoms. The molecule has 0 aromatic rings. The first-order valence-electron chi connectivity index (χ1n) is 8.69. The maximum Gasteiger partial charge on any atom is 0.0233 e. The standard InChI is InChI=1S/C19H32N2.C2H6/c1-8-11-16(4)17(5)14-19(12-13-20-6)18(9-2)15-21(7)10-3;1-2/h8-9,11-12,14,20H,4,10,13,15H2,1-3,5-7H3;1-2H3/b11-8-,17-14-,18-9+,19-12+;. The zero-order valence-electron chi connectivity index (χ0n) is 16.7. The number of nitrogens with one attached hydrogen (secondary N) is 1. The van der Waals surface area contributed by atoms with Crippen molar-refractivity contribution < 1.29 is 0 Å². The van der Waals surface area contributed by atoms with Crippen LogP contribution in [-0.2, 0) is 0 Å². The van der Waals surface area contributed by atoms with Crippen LogP contribution in [0.15, 0.2) is 59.3 Å². The van der Waals surface area contributed by atoms with Gasteiger partial charge >= 0.3 is 0 Å². The lowest BCUT2D eigenvalue weighted by molar-refractivity contribution is 0.385. The minimum absolute atomic E-state index is 0.863. The maximum absolute atomic E-state index is 4.11. The van der Waals surface area contributed by atoms with Crippen LogP contribution >= 0.6 is 0 Å². The Kier molecular flexibility index (Phi) is 16.1. The Hall–Kier alpha value is -1.38. The molecule has 2 heteroatoms. The van der Waals surface area contributed by atoms with E-state index in [2.05, 4.69) is 68.9 Å². The molecule has 0 spiro atoms. The minimum Gasteiger partial charge on any atom is -0.316 e. The van der Waals surface area contributed by atoms with E-state index in [1.165, 1.54) is 16.7 Å². The quantitative estimate of drug-likeness (QED) is 0.592. The van der Waals surface area contributed by atoms with Crippen molar-refractivity contribution in [1.29, 1.82) is 0 Å². The zero-order valence-corrected chi connectivity index (χ0v) is 16.7. The second-order valence-corrected chi connectivity index (χ2v) is 5.21. The molecule has 0 amide bonds. The predicted molar refractivity (Wildman–Crippen MR) is 108 cm³/mol. The number of hydrogen-bond donors (Lipinski definition) is 1. The van der Waals surface area contributed by atoms with Crippen molar-refractivity contribution in [3.63, 3.8) is 0 Å². The number of nitrogens with zero attached hydrogens (tertiary/aromatic N) is 1. The van der Waals surface area contributed by atoms with Crippen LogP contribution in [0.1, 0.15) is 41.5 Å². The SMILES string of the molecule is C=C(/C=C\C)\C(C)=C/C(=C\CNC)C(=C/C)/CN(C)CC.CC. The highest BCUT2D eigenvalue weighted by molar-refractivity contribution is 5.48. The third-order valence-corrected chi connectivity index (χ3v) is 3.47. The molecule has 0 heterocycles. The summed E-state index contributed by atoms with van der Waals surface area (Å²) in [6, 6.07) is 0. The molecule has 1 N–H and O–H groups in total. The summed E-state index contributed by atoms with van der Waals surface area (Å²) in [5, 5.41) is 3.19. The summed E-state index contributed by atoms with van der Waals surface area (Å²) in [5.74, 6) is 0. The van der Waals surface area contributed by atoms with E-state index in [0.29, 0.717) is 0 Å². The van der Waals surface area contributed by atoms with Gasteiger partial charge in [-0.15, -0.1) is 0 Å². The molecule has 0 unspecified atom stereocenters. The van der Waals surface area contributed by atoms with Crippen molar-refractivity contribution in [2.75, 3.05) is 33.7 Å². The van der Waals surface area contributed by atoms with E-state index >= 15 is 0 Å². The van der Waals surface area contributed by atoms with E-state index in [1.807, 2.05) is 33.9 Å². The Labute approximate surface area is 145 Å². The fourth-order valence-electron chi connectivity index (χ4n) is 1.91. The average molecular weight is 319 g/mol. The van der Waals surface area contributed by atoms with Gasteiger partial charge in [0.1, 0.15) is 0 Å². The summed E-state index contributed by atoms with van der Waals surface area (Å²) < 4.78 is 0. The Bertz CT molecular complexity index is 437. The lowest BCUT2D eigenvalue weighted by Gasteiger charge is -2.18. The molecular formula is C21H38N2. The summed E-state index contributed by atoms with van der Waals surface area (Å²) in [4.78, 5) is 2.31. The van der Waals surface area contributed by atoms with Gasteiger partial charge in [0.2, 0.25) is 0 Å². The van der Waals surface area contributed by atoms with Crippen molar-refractivity contribution in [3.8, 4) is 0 Å². The molecule has 0 radical (unpaired) electrons. The van der Waals surface area contributed by atoms with Gasteiger partial charge in [-0.05, 0) is 63.7 Å². The van der Waals surface area contributed by atoms with Gasteiger partial charge in [0.25, 0.3) is 0 Å². The molecule has 0 rings (SSSR count). The van der Waals surface area contributed by atoms with Crippen LogP contribution in [0, 0.1) is 0 Å². The van der Waals surface area contributed by atoms with Crippen LogP contribution in [0.2, 0.25) is 0 Å². The molecule has 23 heavy (non-hydrogen) atoms. The molecule has 0 saturated carbocycles. The Balaban J connectivity index is 0. The van der Waals surface area contributed by atoms with Crippen LogP contribution in [0.5, 0.6) is 0 Å². The van der Waals surface area contributed by atoms with Gasteiger partial charge in [0.05, 0.1) is 0 Å². The van der Waals surface area contributed by atoms with E-state index in [1.54, 1.807) is 0 Å². The number of hydrogen-bond acceptors (Lipinski definition) is 2. The van der Waals surface area contributed by atoms with Gasteiger partial charge in [0, 0.05) is 13.1 Å². The highest BCUT2D eigenvalue weighted by Crippen LogP contribution is 2.18. The normalized spacial score (nSPS) is 13.3. The lowest BCUT2D eigenvalue weighted by atomic mass is 9.99. The van der Waals surface area contributed by atoms with E-state index < -0.39 is 0 Å². The monoisotopic (exact) mass is 318 g/mol. The Morgan fingerprint density at radius 1 is 1.22 bits per heavy atom. The zero-order chi connectivity index (χ0) is 18.3. The Morgan fingerprint density at radius 2 is 1.83 bits per heavy atom. The first kappa shape index (κ1) is 23.9. The third-order valence-electron chi connectivity index (χ3n) is 3.47. The largest absolute Gasteiger partial charge is 0.316 e. The first-order valence-corrected chi connectivity index (χ1v) is 8.69. The Morgan fingerprint density at radius 3 is 2.26 bits per heavy atom. The second kappa shape index (κ2) is 15.5. The first-order chi connectivity index (χ1) is 11.0. The van der Waals surface area contributed by atoms with Crippen LogP contribution < -0.4 is 5.32 Å². The lowest BCUT2D eigenvalue weighted by Crippen LogP contribution is -2.21. The molecule has 0 aliphatic carbocycles. The van der Waals surface area contributed by atoms with Crippen molar-refractivity contribution >= 4 is 0 Å². The second-order valence-electron chi connectivity index (χ2n) is 5.21. The van der Waals surface area contributed by atoms with Crippen LogP contribution in [0.4, 0.5) is 0 Å². The van der Waals surface area contributed by atoms with Gasteiger partial charge in [-0.3, -0.25) is 0 Å². The average Bonchev–Trinajstić information content (AvgIpc) is 2.58. The van der Waals surface area contributed by atoms with Gasteiger partial charge in [-0.1, -0.05) is 57.7 Å². The van der Waals surface area contributed by atoms with Crippen molar-refractivity contribution in [3.05, 3.63) is 59.3 Å². The molecule has 132 valence electrons. The third kappa shape index (κ3) is 10.9. The van der Waals surface area contributed by atoms with Crippen molar-refractivity contribution in [2.45, 2.75) is 41.5 Å². The van der Waals surface area contributed by atoms with Crippen molar-refractivity contribution in [1.82, 2.24) is 10.2 Å². The minimum atomic E-state index is 0.863. The van der Waals surface area contributed by atoms with Gasteiger partial charge < -0.3 is 10.2 Å². The molecule has 0 fully saturated rings. The molecule has 0 saturated heterocycles. The topological polar surface area (TPSA) is 15.3 Å². The van der Waals surface area contributed by atoms with Gasteiger partial charge in [0.15, 0.2) is 0 Å². The number of likely N-dealkylation sites (N-methyl/N-ethyl adjacent to an activating group) is 2. The molecule has 0 aliphatic rings. The van der Waals surface area contributed by atoms with E-state index in [-0.39, 0.29) is 0 Å². The molecular weight excluding hydrogens is 280 g/mol. The highest BCUT2D eigenvalue weighted by atomic mass is 15.1.